The molecule has 1 aliphatic rings. The van der Waals surface area contributed by atoms with Crippen molar-refractivity contribution in [3.63, 3.8) is 0 Å². The lowest BCUT2D eigenvalue weighted by Gasteiger charge is -2.24. The van der Waals surface area contributed by atoms with Gasteiger partial charge >= 0.3 is 6.03 Å². The minimum atomic E-state index is -1.94. The lowest BCUT2D eigenvalue weighted by atomic mass is 10.0. The zero-order valence-electron chi connectivity index (χ0n) is 16.3. The lowest BCUT2D eigenvalue weighted by molar-refractivity contribution is -0.135. The molecular weight excluding hydrogens is 350 g/mol. The molecule has 142 valence electrons. The molecule has 1 fully saturated rings. The van der Waals surface area contributed by atoms with Crippen LogP contribution in [0.25, 0.3) is 10.9 Å². The number of urea groups is 1. The van der Waals surface area contributed by atoms with Crippen LogP contribution in [-0.4, -0.2) is 46.4 Å². The molecule has 4 amide bonds. The normalized spacial score (nSPS) is 20.2. The molecule has 2 heterocycles. The van der Waals surface area contributed by atoms with Gasteiger partial charge in [-0.3, -0.25) is 24.3 Å². The van der Waals surface area contributed by atoms with E-state index in [0.717, 1.165) is 4.57 Å². The first-order valence-electron chi connectivity index (χ1n) is 8.95. The van der Waals surface area contributed by atoms with Gasteiger partial charge < -0.3 is 10.2 Å². The second kappa shape index (κ2) is 7.18. The molecular formula is C18H21N5O4. The average Bonchev–Trinajstić information content (AvgIpc) is 2.63. The monoisotopic (exact) mass is 372 g/mol. The fourth-order valence-electron chi connectivity index (χ4n) is 2.93. The molecule has 0 saturated carbocycles. The van der Waals surface area contributed by atoms with E-state index in [4.69, 9.17) is 1.37 Å². The number of nitrogens with zero attached hydrogens (tertiary/aromatic N) is 3. The molecule has 0 unspecified atom stereocenters. The number of hydrogen-bond donors (Lipinski definition) is 2. The zero-order valence-corrected chi connectivity index (χ0v) is 15.3. The van der Waals surface area contributed by atoms with E-state index in [-0.39, 0.29) is 36.6 Å². The molecule has 27 heavy (non-hydrogen) atoms. The van der Waals surface area contributed by atoms with Gasteiger partial charge in [0.15, 0.2) is 0 Å². The summed E-state index contributed by atoms with van der Waals surface area (Å²) in [6.07, 6.45) is -0.139. The Morgan fingerprint density at radius 3 is 2.81 bits per heavy atom. The smallest absolute Gasteiger partial charge is 0.317 e. The van der Waals surface area contributed by atoms with Gasteiger partial charge in [0, 0.05) is 27.1 Å². The summed E-state index contributed by atoms with van der Waals surface area (Å²) in [5, 5.41) is 5.07. The van der Waals surface area contributed by atoms with Gasteiger partial charge in [0.25, 0.3) is 5.56 Å². The highest BCUT2D eigenvalue weighted by Crippen LogP contribution is 2.20. The van der Waals surface area contributed by atoms with Crippen LogP contribution < -0.4 is 16.2 Å². The first kappa shape index (κ1) is 17.2. The van der Waals surface area contributed by atoms with Crippen molar-refractivity contribution in [2.24, 2.45) is 0 Å². The van der Waals surface area contributed by atoms with Gasteiger partial charge in [-0.2, -0.15) is 0 Å². The molecule has 1 atom stereocenters. The van der Waals surface area contributed by atoms with E-state index in [1.807, 2.05) is 0 Å². The summed E-state index contributed by atoms with van der Waals surface area (Å²) in [6, 6.07) is 2.79. The van der Waals surface area contributed by atoms with Crippen molar-refractivity contribution in [2.75, 3.05) is 14.1 Å². The third kappa shape index (κ3) is 3.67. The van der Waals surface area contributed by atoms with E-state index in [0.29, 0.717) is 11.1 Å². The van der Waals surface area contributed by atoms with Gasteiger partial charge in [-0.1, -0.05) is 6.07 Å². The summed E-state index contributed by atoms with van der Waals surface area (Å²) in [5.74, 6) is -1.10. The summed E-state index contributed by atoms with van der Waals surface area (Å²) >= 11 is 0. The van der Waals surface area contributed by atoms with Crippen LogP contribution in [0.2, 0.25) is 0 Å². The van der Waals surface area contributed by atoms with Gasteiger partial charge in [0.2, 0.25) is 11.8 Å². The van der Waals surface area contributed by atoms with E-state index in [1.165, 1.54) is 4.90 Å². The maximum Gasteiger partial charge on any atom is 0.317 e. The highest BCUT2D eigenvalue weighted by atomic mass is 16.2. The number of aryl methyl sites for hydroxylation is 1. The molecule has 0 radical (unpaired) electrons. The number of imide groups is 1. The van der Waals surface area contributed by atoms with Crippen molar-refractivity contribution in [3.05, 3.63) is 39.9 Å². The highest BCUT2D eigenvalue weighted by Gasteiger charge is 2.30. The van der Waals surface area contributed by atoms with Crippen molar-refractivity contribution >= 4 is 28.7 Å². The van der Waals surface area contributed by atoms with E-state index in [1.54, 1.807) is 39.2 Å². The van der Waals surface area contributed by atoms with Crippen molar-refractivity contribution in [3.8, 4) is 0 Å². The van der Waals surface area contributed by atoms with Crippen LogP contribution in [0.4, 0.5) is 4.79 Å². The molecule has 3 rings (SSSR count). The number of benzene rings is 1. The lowest BCUT2D eigenvalue weighted by Crippen LogP contribution is -2.45. The molecule has 0 bridgehead atoms. The van der Waals surface area contributed by atoms with Crippen molar-refractivity contribution in [1.82, 2.24) is 25.1 Å². The molecule has 1 aliphatic heterocycles. The first-order valence-corrected chi connectivity index (χ1v) is 8.45. The number of carbonyl (C=O) groups excluding carboxylic acids is 3. The second-order valence-corrected chi connectivity index (χ2v) is 6.53. The van der Waals surface area contributed by atoms with Crippen LogP contribution >= 0.6 is 0 Å². The standard InChI is InChI=1S/C18H21N5O4/c1-10-20-13-5-4-11(9-19-18(27)22(2)3)8-12(13)17(26)23(10)14-6-7-15(24)21-16(14)25/h4-5,8,14H,6-7,9H2,1-3H3,(H,19,27)(H,21,24,25)/t14-/m0/s1/i14D. The van der Waals surface area contributed by atoms with Crippen molar-refractivity contribution in [1.29, 1.82) is 0 Å². The number of hydrogen-bond acceptors (Lipinski definition) is 5. The van der Waals surface area contributed by atoms with E-state index >= 15 is 0 Å². The van der Waals surface area contributed by atoms with Gasteiger partial charge in [0.05, 0.1) is 12.3 Å². The van der Waals surface area contributed by atoms with E-state index < -0.39 is 23.4 Å². The van der Waals surface area contributed by atoms with Gasteiger partial charge in [-0.25, -0.2) is 9.78 Å². The van der Waals surface area contributed by atoms with Crippen LogP contribution in [0.15, 0.2) is 23.0 Å². The maximum absolute atomic E-state index is 13.1. The summed E-state index contributed by atoms with van der Waals surface area (Å²) in [4.78, 5) is 54.3. The fourth-order valence-corrected chi connectivity index (χ4v) is 2.93. The zero-order chi connectivity index (χ0) is 20.6. The number of piperidine rings is 1. The third-order valence-corrected chi connectivity index (χ3v) is 4.32. The Balaban J connectivity index is 2.05. The first-order chi connectivity index (χ1) is 13.1. The Labute approximate surface area is 156 Å². The molecule has 1 aromatic heterocycles. The van der Waals surface area contributed by atoms with Crippen LogP contribution in [-0.2, 0) is 16.1 Å². The van der Waals surface area contributed by atoms with Crippen molar-refractivity contribution < 1.29 is 15.8 Å². The molecule has 1 saturated heterocycles. The maximum atomic E-state index is 13.1. The Hall–Kier alpha value is -3.23. The second-order valence-electron chi connectivity index (χ2n) is 6.53. The SMILES string of the molecule is [2H][C@]1(n2c(C)nc3ccc(CNC(=O)N(C)C)cc3c2=O)CCC(=O)NC1=O. The molecule has 9 nitrogen and oxygen atoms in total. The third-order valence-electron chi connectivity index (χ3n) is 4.32. The van der Waals surface area contributed by atoms with Gasteiger partial charge in [0.1, 0.15) is 11.8 Å². The quantitative estimate of drug-likeness (QED) is 0.760. The molecule has 2 aromatic rings. The number of fused-ring (bicyclic) bond motifs is 1. The summed E-state index contributed by atoms with van der Waals surface area (Å²) in [6.45, 7) is 1.76. The van der Waals surface area contributed by atoms with Crippen LogP contribution in [0, 0.1) is 6.92 Å². The summed E-state index contributed by atoms with van der Waals surface area (Å²) < 4.78 is 9.58. The fraction of sp³-hybridized carbons (Fsp3) is 0.389. The summed E-state index contributed by atoms with van der Waals surface area (Å²) in [5.41, 5.74) is 0.569. The molecule has 2 N–H and O–H groups in total. The summed E-state index contributed by atoms with van der Waals surface area (Å²) in [7, 11) is 3.24. The topological polar surface area (TPSA) is 113 Å². The van der Waals surface area contributed by atoms with Crippen LogP contribution in [0.5, 0.6) is 0 Å². The van der Waals surface area contributed by atoms with Crippen LogP contribution in [0.1, 0.15) is 31.6 Å². The van der Waals surface area contributed by atoms with E-state index in [2.05, 4.69) is 15.6 Å². The minimum Gasteiger partial charge on any atom is -0.334 e. The van der Waals surface area contributed by atoms with Gasteiger partial charge in [-0.05, 0) is 31.0 Å². The molecule has 0 spiro atoms. The van der Waals surface area contributed by atoms with Crippen molar-refractivity contribution in [2.45, 2.75) is 32.3 Å². The number of carbonyl (C=O) groups is 3. The predicted octanol–water partition coefficient (Wildman–Crippen LogP) is 0.454. The predicted molar refractivity (Wildman–Crippen MR) is 98.1 cm³/mol. The Bertz CT molecular complexity index is 1050. The Morgan fingerprint density at radius 2 is 2.15 bits per heavy atom. The van der Waals surface area contributed by atoms with Crippen LogP contribution in [0.3, 0.4) is 0 Å². The number of rotatable bonds is 3. The molecule has 9 heteroatoms. The number of amides is 4. The molecule has 0 aliphatic carbocycles. The van der Waals surface area contributed by atoms with Gasteiger partial charge in [-0.15, -0.1) is 0 Å². The Kier molecular flexibility index (Phi) is 4.57. The minimum absolute atomic E-state index is 0.0320. The number of nitrogens with one attached hydrogen (secondary N) is 2. The Morgan fingerprint density at radius 1 is 1.41 bits per heavy atom. The highest BCUT2D eigenvalue weighted by molar-refractivity contribution is 5.99. The van der Waals surface area contributed by atoms with E-state index in [9.17, 15) is 19.2 Å². The average molecular weight is 372 g/mol. The largest absolute Gasteiger partial charge is 0.334 e. The number of aromatic nitrogens is 2. The molecule has 1 aromatic carbocycles.